The van der Waals surface area contributed by atoms with Crippen LogP contribution in [0.5, 0.6) is 0 Å². The van der Waals surface area contributed by atoms with Crippen LogP contribution in [0.25, 0.3) is 0 Å². The number of rotatable bonds is 5. The SMILES string of the molecule is CCN(CC1CCCO1)c1nc(C)ncc1CN. The average molecular weight is 250 g/mol. The van der Waals surface area contributed by atoms with Crippen molar-refractivity contribution in [3.05, 3.63) is 17.6 Å². The Labute approximate surface area is 108 Å². The molecule has 1 fully saturated rings. The van der Waals surface area contributed by atoms with Gasteiger partial charge in [-0.2, -0.15) is 0 Å². The first-order chi connectivity index (χ1) is 8.74. The van der Waals surface area contributed by atoms with Crippen molar-refractivity contribution in [2.75, 3.05) is 24.6 Å². The summed E-state index contributed by atoms with van der Waals surface area (Å²) < 4.78 is 5.69. The van der Waals surface area contributed by atoms with Gasteiger partial charge in [-0.3, -0.25) is 0 Å². The summed E-state index contributed by atoms with van der Waals surface area (Å²) in [4.78, 5) is 11.0. The molecule has 1 aliphatic heterocycles. The molecule has 0 aromatic carbocycles. The van der Waals surface area contributed by atoms with Gasteiger partial charge < -0.3 is 15.4 Å². The fraction of sp³-hybridized carbons (Fsp3) is 0.692. The molecule has 1 aliphatic rings. The number of nitrogens with two attached hydrogens (primary N) is 1. The normalized spacial score (nSPS) is 19.2. The van der Waals surface area contributed by atoms with Crippen molar-refractivity contribution >= 4 is 5.82 Å². The lowest BCUT2D eigenvalue weighted by Crippen LogP contribution is -2.34. The maximum absolute atomic E-state index is 5.76. The van der Waals surface area contributed by atoms with E-state index in [1.54, 1.807) is 0 Å². The van der Waals surface area contributed by atoms with E-state index in [1.807, 2.05) is 13.1 Å². The lowest BCUT2D eigenvalue weighted by molar-refractivity contribution is 0.115. The minimum atomic E-state index is 0.325. The zero-order chi connectivity index (χ0) is 13.0. The van der Waals surface area contributed by atoms with Crippen molar-refractivity contribution in [2.24, 2.45) is 5.73 Å². The van der Waals surface area contributed by atoms with Gasteiger partial charge in [0.2, 0.25) is 0 Å². The van der Waals surface area contributed by atoms with Gasteiger partial charge in [0.1, 0.15) is 11.6 Å². The van der Waals surface area contributed by atoms with Crippen molar-refractivity contribution in [3.63, 3.8) is 0 Å². The molecule has 2 heterocycles. The Balaban J connectivity index is 2.17. The molecule has 0 amide bonds. The van der Waals surface area contributed by atoms with Crippen molar-refractivity contribution in [1.29, 1.82) is 0 Å². The van der Waals surface area contributed by atoms with Crippen LogP contribution in [0.3, 0.4) is 0 Å². The Kier molecular flexibility index (Phi) is 4.49. The van der Waals surface area contributed by atoms with E-state index < -0.39 is 0 Å². The van der Waals surface area contributed by atoms with E-state index in [1.165, 1.54) is 0 Å². The van der Waals surface area contributed by atoms with E-state index in [9.17, 15) is 0 Å². The minimum absolute atomic E-state index is 0.325. The number of nitrogens with zero attached hydrogens (tertiary/aromatic N) is 3. The first kappa shape index (κ1) is 13.2. The Bertz CT molecular complexity index is 391. The molecule has 1 atom stereocenters. The fourth-order valence-electron chi connectivity index (χ4n) is 2.30. The van der Waals surface area contributed by atoms with Gasteiger partial charge >= 0.3 is 0 Å². The van der Waals surface area contributed by atoms with E-state index in [-0.39, 0.29) is 0 Å². The van der Waals surface area contributed by atoms with Crippen LogP contribution in [0.1, 0.15) is 31.2 Å². The lowest BCUT2D eigenvalue weighted by atomic mass is 10.2. The van der Waals surface area contributed by atoms with Crippen LogP contribution in [0, 0.1) is 6.92 Å². The second kappa shape index (κ2) is 6.11. The largest absolute Gasteiger partial charge is 0.376 e. The number of aryl methyl sites for hydroxylation is 1. The van der Waals surface area contributed by atoms with Crippen LogP contribution >= 0.6 is 0 Å². The standard InChI is InChI=1S/C13H22N4O/c1-3-17(9-12-5-4-6-18-12)13-11(7-14)8-15-10(2)16-13/h8,12H,3-7,9,14H2,1-2H3. The molecule has 0 bridgehead atoms. The van der Waals surface area contributed by atoms with Crippen LogP contribution < -0.4 is 10.6 Å². The zero-order valence-electron chi connectivity index (χ0n) is 11.2. The highest BCUT2D eigenvalue weighted by atomic mass is 16.5. The molecule has 5 nitrogen and oxygen atoms in total. The monoisotopic (exact) mass is 250 g/mol. The topological polar surface area (TPSA) is 64.3 Å². The summed E-state index contributed by atoms with van der Waals surface area (Å²) in [6.45, 7) is 7.19. The molecular weight excluding hydrogens is 228 g/mol. The van der Waals surface area contributed by atoms with Gasteiger partial charge in [-0.25, -0.2) is 9.97 Å². The van der Waals surface area contributed by atoms with Gasteiger partial charge in [0.05, 0.1) is 6.10 Å². The smallest absolute Gasteiger partial charge is 0.136 e. The van der Waals surface area contributed by atoms with E-state index in [2.05, 4.69) is 21.8 Å². The molecule has 0 radical (unpaired) electrons. The van der Waals surface area contributed by atoms with E-state index in [0.29, 0.717) is 12.6 Å². The number of hydrogen-bond acceptors (Lipinski definition) is 5. The van der Waals surface area contributed by atoms with Gasteiger partial charge in [0.15, 0.2) is 0 Å². The number of likely N-dealkylation sites (N-methyl/N-ethyl adjacent to an activating group) is 1. The third kappa shape index (κ3) is 2.97. The summed E-state index contributed by atoms with van der Waals surface area (Å²) in [6, 6.07) is 0. The van der Waals surface area contributed by atoms with Crippen LogP contribution in [0.4, 0.5) is 5.82 Å². The highest BCUT2D eigenvalue weighted by Crippen LogP contribution is 2.20. The van der Waals surface area contributed by atoms with Crippen molar-refractivity contribution in [2.45, 2.75) is 39.3 Å². The Morgan fingerprint density at radius 3 is 3.00 bits per heavy atom. The van der Waals surface area contributed by atoms with Crippen LogP contribution in [-0.2, 0) is 11.3 Å². The number of aromatic nitrogens is 2. The van der Waals surface area contributed by atoms with Gasteiger partial charge in [-0.1, -0.05) is 0 Å². The van der Waals surface area contributed by atoms with E-state index >= 15 is 0 Å². The number of ether oxygens (including phenoxy) is 1. The highest BCUT2D eigenvalue weighted by Gasteiger charge is 2.20. The Hall–Kier alpha value is -1.20. The first-order valence-corrected chi connectivity index (χ1v) is 6.63. The number of hydrogen-bond donors (Lipinski definition) is 1. The van der Waals surface area contributed by atoms with Crippen LogP contribution in [-0.4, -0.2) is 35.8 Å². The van der Waals surface area contributed by atoms with Gasteiger partial charge in [0, 0.05) is 38.0 Å². The summed E-state index contributed by atoms with van der Waals surface area (Å²) in [7, 11) is 0. The summed E-state index contributed by atoms with van der Waals surface area (Å²) in [5, 5.41) is 0. The van der Waals surface area contributed by atoms with Gasteiger partial charge in [0.25, 0.3) is 0 Å². The molecule has 0 spiro atoms. The molecule has 0 aliphatic carbocycles. The summed E-state index contributed by atoms with van der Waals surface area (Å²) in [5.74, 6) is 1.75. The van der Waals surface area contributed by atoms with E-state index in [0.717, 1.165) is 49.7 Å². The maximum atomic E-state index is 5.76. The molecule has 1 saturated heterocycles. The second-order valence-corrected chi connectivity index (χ2v) is 4.64. The highest BCUT2D eigenvalue weighted by molar-refractivity contribution is 5.46. The summed E-state index contributed by atoms with van der Waals surface area (Å²) in [5.41, 5.74) is 6.76. The quantitative estimate of drug-likeness (QED) is 0.852. The molecule has 100 valence electrons. The summed E-state index contributed by atoms with van der Waals surface area (Å²) >= 11 is 0. The fourth-order valence-corrected chi connectivity index (χ4v) is 2.30. The van der Waals surface area contributed by atoms with Crippen molar-refractivity contribution in [3.8, 4) is 0 Å². The molecule has 0 saturated carbocycles. The molecule has 1 aromatic rings. The van der Waals surface area contributed by atoms with Crippen molar-refractivity contribution < 1.29 is 4.74 Å². The zero-order valence-corrected chi connectivity index (χ0v) is 11.2. The predicted molar refractivity (Wildman–Crippen MR) is 71.5 cm³/mol. The van der Waals surface area contributed by atoms with E-state index in [4.69, 9.17) is 10.5 Å². The predicted octanol–water partition coefficient (Wildman–Crippen LogP) is 1.25. The molecular formula is C13H22N4O. The molecule has 2 rings (SSSR count). The molecule has 1 aromatic heterocycles. The molecule has 2 N–H and O–H groups in total. The first-order valence-electron chi connectivity index (χ1n) is 6.63. The number of anilines is 1. The molecule has 18 heavy (non-hydrogen) atoms. The second-order valence-electron chi connectivity index (χ2n) is 4.64. The van der Waals surface area contributed by atoms with Gasteiger partial charge in [-0.15, -0.1) is 0 Å². The van der Waals surface area contributed by atoms with Gasteiger partial charge in [-0.05, 0) is 26.7 Å². The van der Waals surface area contributed by atoms with Crippen LogP contribution in [0.2, 0.25) is 0 Å². The van der Waals surface area contributed by atoms with Crippen LogP contribution in [0.15, 0.2) is 6.20 Å². The molecule has 5 heteroatoms. The third-order valence-corrected chi connectivity index (χ3v) is 3.31. The summed E-state index contributed by atoms with van der Waals surface area (Å²) in [6.07, 6.45) is 4.45. The average Bonchev–Trinajstić information content (AvgIpc) is 2.88. The lowest BCUT2D eigenvalue weighted by Gasteiger charge is -2.26. The van der Waals surface area contributed by atoms with Crippen molar-refractivity contribution in [1.82, 2.24) is 9.97 Å². The Morgan fingerprint density at radius 2 is 2.39 bits per heavy atom. The maximum Gasteiger partial charge on any atom is 0.136 e. The minimum Gasteiger partial charge on any atom is -0.376 e. The third-order valence-electron chi connectivity index (χ3n) is 3.31. The Morgan fingerprint density at radius 1 is 1.56 bits per heavy atom. The molecule has 1 unspecified atom stereocenters.